The number of halogens is 1. The number of thiocarbonyl (C=S) groups is 1. The largest absolute Gasteiger partial charge is 0.352 e. The predicted molar refractivity (Wildman–Crippen MR) is 150 cm³/mol. The van der Waals surface area contributed by atoms with Gasteiger partial charge in [-0.15, -0.1) is 0 Å². The molecule has 0 saturated carbocycles. The molecule has 8 heteroatoms. The van der Waals surface area contributed by atoms with Crippen LogP contribution >= 0.6 is 28.1 Å². The van der Waals surface area contributed by atoms with Crippen molar-refractivity contribution in [2.45, 2.75) is 25.9 Å². The molecule has 2 aromatic heterocycles. The number of hydrogen-bond donors (Lipinski definition) is 2. The molecule has 0 radical (unpaired) electrons. The van der Waals surface area contributed by atoms with Gasteiger partial charge in [-0.2, -0.15) is 0 Å². The summed E-state index contributed by atoms with van der Waals surface area (Å²) in [6.45, 7) is 4.33. The minimum atomic E-state index is -0.207. The normalized spacial score (nSPS) is 17.2. The molecule has 5 rings (SSSR count). The maximum absolute atomic E-state index is 13.1. The molecule has 36 heavy (non-hydrogen) atoms. The highest BCUT2D eigenvalue weighted by Crippen LogP contribution is 2.41. The number of para-hydroxylation sites is 1. The molecular formula is C28H26BrN5OS. The number of nitrogens with one attached hydrogen (secondary N) is 2. The van der Waals surface area contributed by atoms with Crippen molar-refractivity contribution in [3.63, 3.8) is 0 Å². The van der Waals surface area contributed by atoms with E-state index in [1.54, 1.807) is 6.20 Å². The minimum absolute atomic E-state index is 0.120. The minimum Gasteiger partial charge on any atom is -0.352 e. The van der Waals surface area contributed by atoms with Crippen molar-refractivity contribution >= 4 is 44.9 Å². The molecule has 0 aliphatic carbocycles. The van der Waals surface area contributed by atoms with E-state index in [-0.39, 0.29) is 24.5 Å². The molecule has 6 nitrogen and oxygen atoms in total. The first-order valence-corrected chi connectivity index (χ1v) is 12.9. The number of nitrogens with zero attached hydrogens (tertiary/aromatic N) is 3. The van der Waals surface area contributed by atoms with Crippen molar-refractivity contribution < 1.29 is 4.79 Å². The molecule has 2 aromatic carbocycles. The fourth-order valence-electron chi connectivity index (χ4n) is 4.89. The van der Waals surface area contributed by atoms with E-state index in [1.807, 2.05) is 65.6 Å². The summed E-state index contributed by atoms with van der Waals surface area (Å²) in [6.07, 6.45) is 1.78. The number of pyridine rings is 1. The van der Waals surface area contributed by atoms with Gasteiger partial charge in [0.15, 0.2) is 5.11 Å². The van der Waals surface area contributed by atoms with Crippen LogP contribution in [0.4, 0.5) is 5.69 Å². The lowest BCUT2D eigenvalue weighted by Gasteiger charge is -2.27. The van der Waals surface area contributed by atoms with Gasteiger partial charge in [0, 0.05) is 33.4 Å². The van der Waals surface area contributed by atoms with Crippen LogP contribution in [0.15, 0.2) is 89.5 Å². The first kappa shape index (κ1) is 24.2. The van der Waals surface area contributed by atoms with Crippen LogP contribution < -0.4 is 10.6 Å². The number of aryl methyl sites for hydroxylation is 1. The summed E-state index contributed by atoms with van der Waals surface area (Å²) >= 11 is 9.36. The molecule has 0 spiro atoms. The summed E-state index contributed by atoms with van der Waals surface area (Å²) in [6, 6.07) is 25.3. The molecule has 1 aliphatic rings. The van der Waals surface area contributed by atoms with Crippen LogP contribution in [-0.4, -0.2) is 32.0 Å². The third-order valence-electron chi connectivity index (χ3n) is 6.42. The molecule has 0 bridgehead atoms. The van der Waals surface area contributed by atoms with Gasteiger partial charge in [-0.1, -0.05) is 46.3 Å². The Labute approximate surface area is 224 Å². The second-order valence-electron chi connectivity index (χ2n) is 8.81. The maximum atomic E-state index is 13.1. The quantitative estimate of drug-likeness (QED) is 0.289. The summed E-state index contributed by atoms with van der Waals surface area (Å²) < 4.78 is 3.25. The summed E-state index contributed by atoms with van der Waals surface area (Å²) in [5, 5.41) is 6.96. The molecule has 1 amide bonds. The lowest BCUT2D eigenvalue weighted by atomic mass is 9.96. The number of hydrogen-bond acceptors (Lipinski definition) is 3. The Morgan fingerprint density at radius 2 is 1.83 bits per heavy atom. The highest BCUT2D eigenvalue weighted by molar-refractivity contribution is 9.10. The summed E-state index contributed by atoms with van der Waals surface area (Å²) in [4.78, 5) is 19.7. The topological polar surface area (TPSA) is 62.2 Å². The first-order chi connectivity index (χ1) is 17.4. The van der Waals surface area contributed by atoms with Crippen LogP contribution in [0.25, 0.3) is 5.69 Å². The van der Waals surface area contributed by atoms with E-state index in [0.29, 0.717) is 5.11 Å². The number of amides is 1. The predicted octanol–water partition coefficient (Wildman–Crippen LogP) is 5.86. The van der Waals surface area contributed by atoms with Crippen molar-refractivity contribution in [2.24, 2.45) is 0 Å². The Hall–Kier alpha value is -3.49. The van der Waals surface area contributed by atoms with Gasteiger partial charge >= 0.3 is 0 Å². The molecule has 4 aromatic rings. The maximum Gasteiger partial charge on any atom is 0.244 e. The molecule has 1 aliphatic heterocycles. The second-order valence-corrected chi connectivity index (χ2v) is 10.1. The zero-order chi connectivity index (χ0) is 25.2. The van der Waals surface area contributed by atoms with Crippen LogP contribution in [-0.2, 0) is 4.79 Å². The summed E-state index contributed by atoms with van der Waals surface area (Å²) in [5.74, 6) is -0.127. The molecular weight excluding hydrogens is 534 g/mol. The SMILES string of the molecule is Cc1cc([C@H]2[C@H](c3ccccn3)NC(=S)N2CC(=O)Nc2ccccc2)c(C)n1-c1cccc(Br)c1. The standard InChI is InChI=1S/C28H26BrN5OS/c1-18-15-23(19(2)34(18)22-12-8-9-20(29)16-22)27-26(24-13-6-7-14-30-24)32-28(36)33(27)17-25(35)31-21-10-4-3-5-11-21/h3-16,26-27H,17H2,1-2H3,(H,31,35)(H,32,36)/t26-,27-/m0/s1. The van der Waals surface area contributed by atoms with Gasteiger partial charge in [-0.3, -0.25) is 9.78 Å². The average molecular weight is 561 g/mol. The Balaban J connectivity index is 1.54. The van der Waals surface area contributed by atoms with E-state index >= 15 is 0 Å². The number of aromatic nitrogens is 2. The average Bonchev–Trinajstić information content (AvgIpc) is 3.35. The van der Waals surface area contributed by atoms with Crippen molar-refractivity contribution in [3.8, 4) is 5.69 Å². The van der Waals surface area contributed by atoms with Gasteiger partial charge in [0.25, 0.3) is 0 Å². The number of rotatable bonds is 6. The number of benzene rings is 2. The van der Waals surface area contributed by atoms with E-state index in [1.165, 1.54) is 0 Å². The van der Waals surface area contributed by atoms with Gasteiger partial charge in [0.1, 0.15) is 6.54 Å². The lowest BCUT2D eigenvalue weighted by Crippen LogP contribution is -2.37. The number of anilines is 1. The van der Waals surface area contributed by atoms with Crippen LogP contribution in [0.5, 0.6) is 0 Å². The van der Waals surface area contributed by atoms with E-state index in [2.05, 4.69) is 68.2 Å². The van der Waals surface area contributed by atoms with Crippen LogP contribution in [0.3, 0.4) is 0 Å². The molecule has 2 atom stereocenters. The van der Waals surface area contributed by atoms with Gasteiger partial charge < -0.3 is 20.1 Å². The fourth-order valence-corrected chi connectivity index (χ4v) is 5.58. The van der Waals surface area contributed by atoms with Crippen molar-refractivity contribution in [2.75, 3.05) is 11.9 Å². The van der Waals surface area contributed by atoms with Gasteiger partial charge in [-0.25, -0.2) is 0 Å². The van der Waals surface area contributed by atoms with Crippen LogP contribution in [0, 0.1) is 13.8 Å². The fraction of sp³-hybridized carbons (Fsp3) is 0.179. The third kappa shape index (κ3) is 4.79. The molecule has 0 unspecified atom stereocenters. The van der Waals surface area contributed by atoms with E-state index in [9.17, 15) is 4.79 Å². The Morgan fingerprint density at radius 3 is 2.56 bits per heavy atom. The molecule has 1 saturated heterocycles. The van der Waals surface area contributed by atoms with Crippen LogP contribution in [0.2, 0.25) is 0 Å². The lowest BCUT2D eigenvalue weighted by molar-refractivity contribution is -0.116. The smallest absolute Gasteiger partial charge is 0.244 e. The van der Waals surface area contributed by atoms with E-state index in [4.69, 9.17) is 12.2 Å². The highest BCUT2D eigenvalue weighted by atomic mass is 79.9. The number of carbonyl (C=O) groups excluding carboxylic acids is 1. The van der Waals surface area contributed by atoms with Crippen molar-refractivity contribution in [3.05, 3.63) is 112 Å². The zero-order valence-corrected chi connectivity index (χ0v) is 22.4. The highest BCUT2D eigenvalue weighted by Gasteiger charge is 2.42. The van der Waals surface area contributed by atoms with E-state index < -0.39 is 0 Å². The first-order valence-electron chi connectivity index (χ1n) is 11.7. The summed E-state index contributed by atoms with van der Waals surface area (Å²) in [7, 11) is 0. The molecule has 182 valence electrons. The van der Waals surface area contributed by atoms with Crippen LogP contribution in [0.1, 0.15) is 34.7 Å². The number of carbonyl (C=O) groups is 1. The van der Waals surface area contributed by atoms with Gasteiger partial charge in [0.2, 0.25) is 5.91 Å². The monoisotopic (exact) mass is 559 g/mol. The molecule has 2 N–H and O–H groups in total. The van der Waals surface area contributed by atoms with Crippen molar-refractivity contribution in [1.82, 2.24) is 19.8 Å². The zero-order valence-electron chi connectivity index (χ0n) is 20.0. The van der Waals surface area contributed by atoms with Gasteiger partial charge in [-0.05, 0) is 80.2 Å². The Bertz CT molecular complexity index is 1410. The Kier molecular flexibility index (Phi) is 6.89. The second kappa shape index (κ2) is 10.2. The molecule has 1 fully saturated rings. The van der Waals surface area contributed by atoms with Crippen molar-refractivity contribution in [1.29, 1.82) is 0 Å². The van der Waals surface area contributed by atoms with E-state index in [0.717, 1.165) is 38.5 Å². The third-order valence-corrected chi connectivity index (χ3v) is 7.27. The molecule has 3 heterocycles. The Morgan fingerprint density at radius 1 is 1.06 bits per heavy atom. The van der Waals surface area contributed by atoms with Gasteiger partial charge in [0.05, 0.1) is 17.8 Å². The summed E-state index contributed by atoms with van der Waals surface area (Å²) in [5.41, 5.74) is 6.00.